The maximum atomic E-state index is 13.1. The van der Waals surface area contributed by atoms with Crippen molar-refractivity contribution in [3.8, 4) is 5.69 Å². The zero-order valence-corrected chi connectivity index (χ0v) is 15.8. The Morgan fingerprint density at radius 1 is 1.14 bits per heavy atom. The van der Waals surface area contributed by atoms with E-state index in [0.29, 0.717) is 16.4 Å². The first-order chi connectivity index (χ1) is 13.4. The molecule has 0 bridgehead atoms. The molecule has 3 aromatic rings. The minimum absolute atomic E-state index is 0.174. The average Bonchev–Trinajstić information content (AvgIpc) is 2.71. The number of carbonyl (C=O) groups is 1. The molecule has 8 heteroatoms. The maximum Gasteiger partial charge on any atom is 0.351 e. The molecule has 0 N–H and O–H groups in total. The van der Waals surface area contributed by atoms with Gasteiger partial charge in [0.05, 0.1) is 5.69 Å². The van der Waals surface area contributed by atoms with Crippen molar-refractivity contribution in [3.63, 3.8) is 0 Å². The lowest BCUT2D eigenvalue weighted by molar-refractivity contribution is 0.0980. The van der Waals surface area contributed by atoms with E-state index in [0.717, 1.165) is 9.25 Å². The van der Waals surface area contributed by atoms with Gasteiger partial charge in [0, 0.05) is 24.3 Å². The van der Waals surface area contributed by atoms with Crippen molar-refractivity contribution in [1.82, 2.24) is 14.3 Å². The molecule has 0 fully saturated rings. The molecule has 3 rings (SSSR count). The van der Waals surface area contributed by atoms with Gasteiger partial charge in [-0.1, -0.05) is 35.9 Å². The summed E-state index contributed by atoms with van der Waals surface area (Å²) in [5.41, 5.74) is -0.846. The quantitative estimate of drug-likeness (QED) is 0.620. The Morgan fingerprint density at radius 2 is 1.79 bits per heavy atom. The van der Waals surface area contributed by atoms with Crippen LogP contribution in [0, 0.1) is 0 Å². The largest absolute Gasteiger partial charge is 0.351 e. The third-order valence-electron chi connectivity index (χ3n) is 4.07. The second-order valence-electron chi connectivity index (χ2n) is 5.92. The normalized spacial score (nSPS) is 10.5. The number of carbonyl (C=O) groups excluding carboxylic acids is 1. The number of nitrogens with zero attached hydrogens (tertiary/aromatic N) is 4. The second-order valence-corrected chi connectivity index (χ2v) is 6.36. The average molecular weight is 397 g/mol. The van der Waals surface area contributed by atoms with Crippen molar-refractivity contribution in [2.75, 3.05) is 11.4 Å². The minimum Gasteiger partial charge on any atom is -0.303 e. The Hall–Kier alpha value is -3.45. The van der Waals surface area contributed by atoms with Crippen LogP contribution in [0.25, 0.3) is 5.69 Å². The lowest BCUT2D eigenvalue weighted by Gasteiger charge is -2.21. The molecule has 0 radical (unpaired) electrons. The molecule has 0 spiro atoms. The van der Waals surface area contributed by atoms with Crippen molar-refractivity contribution < 1.29 is 4.79 Å². The van der Waals surface area contributed by atoms with E-state index in [1.165, 1.54) is 11.9 Å². The highest BCUT2D eigenvalue weighted by Gasteiger charge is 2.24. The summed E-state index contributed by atoms with van der Waals surface area (Å²) in [6.07, 6.45) is 1.55. The molecular formula is C20H17ClN4O3. The van der Waals surface area contributed by atoms with E-state index >= 15 is 0 Å². The Balaban J connectivity index is 2.16. The number of hydrogen-bond acceptors (Lipinski definition) is 4. The highest BCUT2D eigenvalue weighted by molar-refractivity contribution is 6.30. The third-order valence-corrected chi connectivity index (χ3v) is 4.33. The van der Waals surface area contributed by atoms with Crippen LogP contribution in [0.3, 0.4) is 0 Å². The van der Waals surface area contributed by atoms with Crippen LogP contribution in [-0.4, -0.2) is 26.8 Å². The van der Waals surface area contributed by atoms with Gasteiger partial charge in [0.1, 0.15) is 0 Å². The van der Waals surface area contributed by atoms with Gasteiger partial charge in [-0.2, -0.15) is 9.78 Å². The number of amides is 1. The molecule has 0 atom stereocenters. The summed E-state index contributed by atoms with van der Waals surface area (Å²) >= 11 is 5.89. The predicted molar refractivity (Wildman–Crippen MR) is 108 cm³/mol. The summed E-state index contributed by atoms with van der Waals surface area (Å²) in [5, 5.41) is 4.55. The van der Waals surface area contributed by atoms with Gasteiger partial charge in [0.2, 0.25) is 5.69 Å². The Bertz CT molecular complexity index is 1130. The van der Waals surface area contributed by atoms with Gasteiger partial charge in [-0.3, -0.25) is 14.2 Å². The second kappa shape index (κ2) is 8.06. The van der Waals surface area contributed by atoms with Crippen LogP contribution in [0.15, 0.2) is 76.8 Å². The van der Waals surface area contributed by atoms with Crippen LogP contribution in [0.5, 0.6) is 0 Å². The Kier molecular flexibility index (Phi) is 5.56. The molecule has 0 aliphatic carbocycles. The SMILES string of the molecule is C=CCN(C(=O)c1nn(-c2ccc(Cl)cc2)c(=O)n(C)c1=O)c1ccccc1. The summed E-state index contributed by atoms with van der Waals surface area (Å²) in [6.45, 7) is 3.84. The van der Waals surface area contributed by atoms with E-state index in [1.807, 2.05) is 6.07 Å². The molecule has 1 amide bonds. The van der Waals surface area contributed by atoms with Crippen LogP contribution in [0.4, 0.5) is 5.69 Å². The van der Waals surface area contributed by atoms with Crippen LogP contribution < -0.4 is 16.1 Å². The molecule has 0 unspecified atom stereocenters. The van der Waals surface area contributed by atoms with Crippen LogP contribution in [0.1, 0.15) is 10.5 Å². The Labute approximate surface area is 165 Å². The number of benzene rings is 2. The monoisotopic (exact) mass is 396 g/mol. The Morgan fingerprint density at radius 3 is 2.39 bits per heavy atom. The number of para-hydroxylation sites is 1. The molecule has 1 heterocycles. The van der Waals surface area contributed by atoms with Gasteiger partial charge < -0.3 is 4.90 Å². The minimum atomic E-state index is -0.773. The molecular weight excluding hydrogens is 380 g/mol. The highest BCUT2D eigenvalue weighted by atomic mass is 35.5. The topological polar surface area (TPSA) is 77.2 Å². The van der Waals surface area contributed by atoms with Crippen molar-refractivity contribution in [3.05, 3.63) is 98.8 Å². The molecule has 0 aliphatic heterocycles. The van der Waals surface area contributed by atoms with E-state index < -0.39 is 17.2 Å². The van der Waals surface area contributed by atoms with Gasteiger partial charge in [0.25, 0.3) is 11.5 Å². The van der Waals surface area contributed by atoms with Gasteiger partial charge in [-0.05, 0) is 36.4 Å². The zero-order valence-electron chi connectivity index (χ0n) is 15.1. The van der Waals surface area contributed by atoms with E-state index in [9.17, 15) is 14.4 Å². The standard InChI is InChI=1S/C20H17ClN4O3/c1-3-13-24(15-7-5-4-6-8-15)19(27)17-18(26)23(2)20(28)25(22-17)16-11-9-14(21)10-12-16/h3-12H,1,13H2,2H3. The number of halogens is 1. The van der Waals surface area contributed by atoms with E-state index in [2.05, 4.69) is 11.7 Å². The van der Waals surface area contributed by atoms with Crippen LogP contribution in [-0.2, 0) is 7.05 Å². The third kappa shape index (κ3) is 3.65. The van der Waals surface area contributed by atoms with Gasteiger partial charge in [-0.25, -0.2) is 4.79 Å². The fourth-order valence-corrected chi connectivity index (χ4v) is 2.75. The summed E-state index contributed by atoms with van der Waals surface area (Å²) in [4.78, 5) is 39.6. The van der Waals surface area contributed by atoms with Crippen LogP contribution in [0.2, 0.25) is 5.02 Å². The fraction of sp³-hybridized carbons (Fsp3) is 0.100. The summed E-state index contributed by atoms with van der Waals surface area (Å²) < 4.78 is 1.86. The zero-order chi connectivity index (χ0) is 20.3. The number of anilines is 1. The van der Waals surface area contributed by atoms with Crippen molar-refractivity contribution in [2.24, 2.45) is 7.05 Å². The van der Waals surface area contributed by atoms with Crippen LogP contribution >= 0.6 is 11.6 Å². The number of hydrogen-bond donors (Lipinski definition) is 0. The van der Waals surface area contributed by atoms with Crippen molar-refractivity contribution in [2.45, 2.75) is 0 Å². The van der Waals surface area contributed by atoms with Gasteiger partial charge in [0.15, 0.2) is 0 Å². The van der Waals surface area contributed by atoms with Gasteiger partial charge >= 0.3 is 5.69 Å². The molecule has 7 nitrogen and oxygen atoms in total. The first-order valence-corrected chi connectivity index (χ1v) is 8.76. The highest BCUT2D eigenvalue weighted by Crippen LogP contribution is 2.15. The molecule has 1 aromatic heterocycles. The first kappa shape index (κ1) is 19.3. The molecule has 0 aliphatic rings. The van der Waals surface area contributed by atoms with Gasteiger partial charge in [-0.15, -0.1) is 6.58 Å². The molecule has 0 saturated carbocycles. The van der Waals surface area contributed by atoms with E-state index in [4.69, 9.17) is 11.6 Å². The lowest BCUT2D eigenvalue weighted by atomic mass is 10.2. The van der Waals surface area contributed by atoms with Crippen molar-refractivity contribution in [1.29, 1.82) is 0 Å². The molecule has 142 valence electrons. The summed E-state index contributed by atoms with van der Waals surface area (Å²) in [7, 11) is 1.30. The number of rotatable bonds is 5. The molecule has 2 aromatic carbocycles. The van der Waals surface area contributed by atoms with E-state index in [-0.39, 0.29) is 12.2 Å². The lowest BCUT2D eigenvalue weighted by Crippen LogP contribution is -2.45. The fourth-order valence-electron chi connectivity index (χ4n) is 2.63. The number of aromatic nitrogens is 3. The predicted octanol–water partition coefficient (Wildman–Crippen LogP) is 2.42. The smallest absolute Gasteiger partial charge is 0.303 e. The molecule has 28 heavy (non-hydrogen) atoms. The van der Waals surface area contributed by atoms with Crippen molar-refractivity contribution >= 4 is 23.2 Å². The maximum absolute atomic E-state index is 13.1. The summed E-state index contributed by atoms with van der Waals surface area (Å²) in [6, 6.07) is 15.2. The van der Waals surface area contributed by atoms with E-state index in [1.54, 1.807) is 54.6 Å². The molecule has 0 saturated heterocycles. The summed E-state index contributed by atoms with van der Waals surface area (Å²) in [5.74, 6) is -0.630. The first-order valence-electron chi connectivity index (χ1n) is 8.38.